The summed E-state index contributed by atoms with van der Waals surface area (Å²) in [6.07, 6.45) is 0. The fourth-order valence-corrected chi connectivity index (χ4v) is 3.07. The number of hydrogen-bond acceptors (Lipinski definition) is 2. The first-order valence-electron chi connectivity index (χ1n) is 8.16. The zero-order chi connectivity index (χ0) is 17.1. The molecule has 0 saturated heterocycles. The van der Waals surface area contributed by atoms with Crippen molar-refractivity contribution in [2.75, 3.05) is 27.2 Å². The summed E-state index contributed by atoms with van der Waals surface area (Å²) in [5, 5.41) is 1.86. The topological polar surface area (TPSA) is 17.4 Å². The predicted molar refractivity (Wildman–Crippen MR) is 101 cm³/mol. The number of likely N-dealkylation sites (N-methyl/N-ethyl adjacent to an activating group) is 1. The van der Waals surface area contributed by atoms with E-state index in [-0.39, 0.29) is 0 Å². The van der Waals surface area contributed by atoms with Crippen LogP contribution >= 0.6 is 11.6 Å². The molecule has 24 heavy (non-hydrogen) atoms. The van der Waals surface area contributed by atoms with E-state index in [9.17, 15) is 0 Å². The molecule has 3 aromatic rings. The first kappa shape index (κ1) is 16.9. The maximum absolute atomic E-state index is 6.24. The van der Waals surface area contributed by atoms with Crippen LogP contribution in [0.2, 0.25) is 5.02 Å². The maximum Gasteiger partial charge on any atom is 0.147 e. The molecule has 0 aliphatic heterocycles. The normalized spacial score (nSPS) is 11.4. The second-order valence-electron chi connectivity index (χ2n) is 6.30. The molecule has 126 valence electrons. The summed E-state index contributed by atoms with van der Waals surface area (Å²) in [7, 11) is 4.10. The molecule has 0 saturated carbocycles. The van der Waals surface area contributed by atoms with E-state index in [1.165, 1.54) is 5.56 Å². The average molecular weight is 343 g/mol. The van der Waals surface area contributed by atoms with Crippen LogP contribution in [0.25, 0.3) is 10.9 Å². The van der Waals surface area contributed by atoms with Gasteiger partial charge in [0.15, 0.2) is 0 Å². The Hall–Kier alpha value is -1.97. The Morgan fingerprint density at radius 2 is 1.83 bits per heavy atom. The van der Waals surface area contributed by atoms with E-state index in [0.717, 1.165) is 40.5 Å². The summed E-state index contributed by atoms with van der Waals surface area (Å²) < 4.78 is 8.39. The van der Waals surface area contributed by atoms with Crippen LogP contribution in [0.3, 0.4) is 0 Å². The number of benzene rings is 2. The first-order valence-corrected chi connectivity index (χ1v) is 8.54. The van der Waals surface area contributed by atoms with Gasteiger partial charge in [0, 0.05) is 23.5 Å². The van der Waals surface area contributed by atoms with Crippen LogP contribution in [-0.2, 0) is 6.54 Å². The largest absolute Gasteiger partial charge is 0.490 e. The van der Waals surface area contributed by atoms with Crippen molar-refractivity contribution >= 4 is 22.5 Å². The molecule has 0 aliphatic rings. The SMILES string of the molecule is Cc1c(OCCN(C)C)c2ccc(Cl)cc2n1Cc1ccccc1. The van der Waals surface area contributed by atoms with Crippen molar-refractivity contribution in [1.82, 2.24) is 9.47 Å². The molecule has 0 atom stereocenters. The van der Waals surface area contributed by atoms with Crippen molar-refractivity contribution in [2.45, 2.75) is 13.5 Å². The van der Waals surface area contributed by atoms with Gasteiger partial charge in [-0.15, -0.1) is 0 Å². The molecule has 3 nitrogen and oxygen atoms in total. The highest BCUT2D eigenvalue weighted by Gasteiger charge is 2.16. The van der Waals surface area contributed by atoms with Gasteiger partial charge in [-0.25, -0.2) is 0 Å². The smallest absolute Gasteiger partial charge is 0.147 e. The molecule has 2 aromatic carbocycles. The molecule has 0 amide bonds. The zero-order valence-electron chi connectivity index (χ0n) is 14.4. The molecule has 0 spiro atoms. The van der Waals surface area contributed by atoms with Crippen LogP contribution in [0.5, 0.6) is 5.75 Å². The number of hydrogen-bond donors (Lipinski definition) is 0. The minimum Gasteiger partial charge on any atom is -0.490 e. The second kappa shape index (κ2) is 7.29. The summed E-state index contributed by atoms with van der Waals surface area (Å²) in [6.45, 7) is 4.47. The molecule has 4 heteroatoms. The van der Waals surface area contributed by atoms with Crippen LogP contribution in [0.4, 0.5) is 0 Å². The minimum atomic E-state index is 0.668. The number of fused-ring (bicyclic) bond motifs is 1. The quantitative estimate of drug-likeness (QED) is 0.651. The highest BCUT2D eigenvalue weighted by atomic mass is 35.5. The standard InChI is InChI=1S/C20H23ClN2O/c1-15-20(24-12-11-22(2)3)18-10-9-17(21)13-19(18)23(15)14-16-7-5-4-6-8-16/h4-10,13H,11-12,14H2,1-3H3. The molecule has 0 radical (unpaired) electrons. The summed E-state index contributed by atoms with van der Waals surface area (Å²) in [5.41, 5.74) is 3.51. The summed E-state index contributed by atoms with van der Waals surface area (Å²) >= 11 is 6.24. The molecule has 1 aromatic heterocycles. The van der Waals surface area contributed by atoms with Gasteiger partial charge in [0.2, 0.25) is 0 Å². The number of nitrogens with zero attached hydrogens (tertiary/aromatic N) is 2. The van der Waals surface area contributed by atoms with Gasteiger partial charge in [-0.2, -0.15) is 0 Å². The highest BCUT2D eigenvalue weighted by Crippen LogP contribution is 2.35. The van der Waals surface area contributed by atoms with E-state index in [0.29, 0.717) is 6.61 Å². The van der Waals surface area contributed by atoms with E-state index in [4.69, 9.17) is 16.3 Å². The van der Waals surface area contributed by atoms with Gasteiger partial charge in [0.25, 0.3) is 0 Å². The van der Waals surface area contributed by atoms with Gasteiger partial charge in [-0.1, -0.05) is 41.9 Å². The Morgan fingerprint density at radius 3 is 2.54 bits per heavy atom. The number of halogens is 1. The highest BCUT2D eigenvalue weighted by molar-refractivity contribution is 6.31. The van der Waals surface area contributed by atoms with Gasteiger partial charge in [-0.05, 0) is 44.8 Å². The molecule has 0 unspecified atom stereocenters. The van der Waals surface area contributed by atoms with E-state index >= 15 is 0 Å². The van der Waals surface area contributed by atoms with Crippen LogP contribution < -0.4 is 4.74 Å². The van der Waals surface area contributed by atoms with Crippen LogP contribution in [0.15, 0.2) is 48.5 Å². The van der Waals surface area contributed by atoms with Gasteiger partial charge in [0.05, 0.1) is 11.2 Å². The molecule has 3 rings (SSSR count). The molecular formula is C20H23ClN2O. The molecule has 0 N–H and O–H groups in total. The Bertz CT molecular complexity index is 825. The lowest BCUT2D eigenvalue weighted by atomic mass is 10.2. The van der Waals surface area contributed by atoms with Crippen molar-refractivity contribution in [3.63, 3.8) is 0 Å². The Morgan fingerprint density at radius 1 is 1.08 bits per heavy atom. The molecule has 1 heterocycles. The van der Waals surface area contributed by atoms with Gasteiger partial charge in [0.1, 0.15) is 12.4 Å². The van der Waals surface area contributed by atoms with Gasteiger partial charge < -0.3 is 14.2 Å². The second-order valence-corrected chi connectivity index (χ2v) is 6.74. The molecule has 0 bridgehead atoms. The fraction of sp³-hybridized carbons (Fsp3) is 0.300. The van der Waals surface area contributed by atoms with Crippen molar-refractivity contribution in [1.29, 1.82) is 0 Å². The average Bonchev–Trinajstić information content (AvgIpc) is 2.81. The van der Waals surface area contributed by atoms with E-state index in [2.05, 4.69) is 60.8 Å². The van der Waals surface area contributed by atoms with Crippen molar-refractivity contribution in [3.05, 3.63) is 64.8 Å². The van der Waals surface area contributed by atoms with Crippen LogP contribution in [0.1, 0.15) is 11.3 Å². The van der Waals surface area contributed by atoms with Crippen molar-refractivity contribution in [2.24, 2.45) is 0 Å². The van der Waals surface area contributed by atoms with Crippen molar-refractivity contribution in [3.8, 4) is 5.75 Å². The van der Waals surface area contributed by atoms with Crippen LogP contribution in [-0.4, -0.2) is 36.7 Å². The van der Waals surface area contributed by atoms with E-state index < -0.39 is 0 Å². The minimum absolute atomic E-state index is 0.668. The molecule has 0 aliphatic carbocycles. The molecular weight excluding hydrogens is 320 g/mol. The number of rotatable bonds is 6. The summed E-state index contributed by atoms with van der Waals surface area (Å²) in [6, 6.07) is 16.5. The summed E-state index contributed by atoms with van der Waals surface area (Å²) in [4.78, 5) is 2.12. The third-order valence-electron chi connectivity index (χ3n) is 4.20. The lowest BCUT2D eigenvalue weighted by Gasteiger charge is -2.12. The molecule has 0 fully saturated rings. The van der Waals surface area contributed by atoms with Crippen LogP contribution in [0, 0.1) is 6.92 Å². The van der Waals surface area contributed by atoms with E-state index in [1.54, 1.807) is 0 Å². The van der Waals surface area contributed by atoms with E-state index in [1.807, 2.05) is 18.2 Å². The lowest BCUT2D eigenvalue weighted by Crippen LogP contribution is -2.19. The number of ether oxygens (including phenoxy) is 1. The third-order valence-corrected chi connectivity index (χ3v) is 4.43. The predicted octanol–water partition coefficient (Wildman–Crippen LogP) is 4.59. The lowest BCUT2D eigenvalue weighted by molar-refractivity contribution is 0.262. The Labute approximate surface area is 148 Å². The van der Waals surface area contributed by atoms with Crippen molar-refractivity contribution < 1.29 is 4.74 Å². The fourth-order valence-electron chi connectivity index (χ4n) is 2.90. The Kier molecular flexibility index (Phi) is 5.12. The van der Waals surface area contributed by atoms with Gasteiger partial charge in [-0.3, -0.25) is 0 Å². The maximum atomic E-state index is 6.24. The third kappa shape index (κ3) is 3.58. The number of aromatic nitrogens is 1. The summed E-state index contributed by atoms with van der Waals surface area (Å²) in [5.74, 6) is 0.958. The Balaban J connectivity index is 2.00. The monoisotopic (exact) mass is 342 g/mol. The van der Waals surface area contributed by atoms with Gasteiger partial charge >= 0.3 is 0 Å². The zero-order valence-corrected chi connectivity index (χ0v) is 15.2. The first-order chi connectivity index (χ1) is 11.6.